The summed E-state index contributed by atoms with van der Waals surface area (Å²) in [5.74, 6) is -1.61. The largest absolute Gasteiger partial charge is 0.480 e. The van der Waals surface area contributed by atoms with Crippen LogP contribution in [0.25, 0.3) is 0 Å². The van der Waals surface area contributed by atoms with E-state index in [-0.39, 0.29) is 24.1 Å². The number of aliphatic carboxylic acids is 1. The molecular weight excluding hydrogens is 285 g/mol. The number of carbonyl (C=O) groups is 2. The minimum Gasteiger partial charge on any atom is -0.480 e. The second-order valence-electron chi connectivity index (χ2n) is 6.15. The zero-order valence-electron chi connectivity index (χ0n) is 12.8. The maximum Gasteiger partial charge on any atom is 0.329 e. The number of rotatable bonds is 5. The van der Waals surface area contributed by atoms with Gasteiger partial charge in [-0.25, -0.2) is 9.18 Å². The standard InChI is InChI=1S/C17H22FNO3/c1-12(13-5-7-14(18)8-6-13)11-15(20)19-17(16(21)22)9-3-2-4-10-17/h5-8,12H,2-4,9-11H2,1H3,(H,19,20)(H,21,22). The Morgan fingerprint density at radius 3 is 2.36 bits per heavy atom. The first-order chi connectivity index (χ1) is 10.4. The highest BCUT2D eigenvalue weighted by Crippen LogP contribution is 2.29. The second kappa shape index (κ2) is 6.90. The summed E-state index contributed by atoms with van der Waals surface area (Å²) in [5, 5.41) is 12.2. The van der Waals surface area contributed by atoms with E-state index in [1.807, 2.05) is 6.92 Å². The van der Waals surface area contributed by atoms with Crippen molar-refractivity contribution in [1.29, 1.82) is 0 Å². The molecule has 1 aromatic rings. The van der Waals surface area contributed by atoms with E-state index in [1.165, 1.54) is 12.1 Å². The van der Waals surface area contributed by atoms with Gasteiger partial charge in [-0.05, 0) is 36.5 Å². The number of carboxylic acids is 1. The molecular formula is C17H22FNO3. The van der Waals surface area contributed by atoms with Gasteiger partial charge in [-0.2, -0.15) is 0 Å². The SMILES string of the molecule is CC(CC(=O)NC1(C(=O)O)CCCCC1)c1ccc(F)cc1. The molecule has 1 aliphatic carbocycles. The van der Waals surface area contributed by atoms with Gasteiger partial charge in [0, 0.05) is 6.42 Å². The molecule has 1 saturated carbocycles. The molecule has 4 nitrogen and oxygen atoms in total. The molecule has 0 aromatic heterocycles. The van der Waals surface area contributed by atoms with Crippen LogP contribution in [0.15, 0.2) is 24.3 Å². The molecule has 0 heterocycles. The Hall–Kier alpha value is -1.91. The lowest BCUT2D eigenvalue weighted by Gasteiger charge is -2.34. The van der Waals surface area contributed by atoms with E-state index < -0.39 is 11.5 Å². The van der Waals surface area contributed by atoms with Crippen LogP contribution in [0.3, 0.4) is 0 Å². The van der Waals surface area contributed by atoms with Gasteiger partial charge in [-0.15, -0.1) is 0 Å². The predicted molar refractivity (Wildman–Crippen MR) is 81.0 cm³/mol. The summed E-state index contributed by atoms with van der Waals surface area (Å²) in [6.45, 7) is 1.88. The highest BCUT2D eigenvalue weighted by atomic mass is 19.1. The van der Waals surface area contributed by atoms with Crippen molar-refractivity contribution >= 4 is 11.9 Å². The number of benzene rings is 1. The average Bonchev–Trinajstić information content (AvgIpc) is 2.48. The quantitative estimate of drug-likeness (QED) is 0.877. The van der Waals surface area contributed by atoms with Gasteiger partial charge in [-0.3, -0.25) is 4.79 Å². The molecule has 0 bridgehead atoms. The van der Waals surface area contributed by atoms with Crippen molar-refractivity contribution in [3.05, 3.63) is 35.6 Å². The van der Waals surface area contributed by atoms with Gasteiger partial charge in [0.15, 0.2) is 0 Å². The first kappa shape index (κ1) is 16.5. The Morgan fingerprint density at radius 2 is 1.82 bits per heavy atom. The summed E-state index contributed by atoms with van der Waals surface area (Å²) < 4.78 is 12.9. The van der Waals surface area contributed by atoms with Crippen LogP contribution < -0.4 is 5.32 Å². The molecule has 1 fully saturated rings. The van der Waals surface area contributed by atoms with E-state index in [1.54, 1.807) is 12.1 Å². The van der Waals surface area contributed by atoms with Gasteiger partial charge in [0.1, 0.15) is 11.4 Å². The summed E-state index contributed by atoms with van der Waals surface area (Å²) in [6.07, 6.45) is 3.82. The van der Waals surface area contributed by atoms with Crippen molar-refractivity contribution in [3.8, 4) is 0 Å². The number of amides is 1. The van der Waals surface area contributed by atoms with E-state index in [0.29, 0.717) is 12.8 Å². The summed E-state index contributed by atoms with van der Waals surface area (Å²) >= 11 is 0. The van der Waals surface area contributed by atoms with Crippen molar-refractivity contribution < 1.29 is 19.1 Å². The van der Waals surface area contributed by atoms with Crippen LogP contribution >= 0.6 is 0 Å². The summed E-state index contributed by atoms with van der Waals surface area (Å²) in [5.41, 5.74) is -0.248. The number of carboxylic acid groups (broad SMARTS) is 1. The third-order valence-corrected chi connectivity index (χ3v) is 4.43. The minimum absolute atomic E-state index is 0.0879. The monoisotopic (exact) mass is 307 g/mol. The lowest BCUT2D eigenvalue weighted by Crippen LogP contribution is -2.55. The molecule has 5 heteroatoms. The highest BCUT2D eigenvalue weighted by Gasteiger charge is 2.40. The van der Waals surface area contributed by atoms with Gasteiger partial charge in [0.2, 0.25) is 5.91 Å². The fraction of sp³-hybridized carbons (Fsp3) is 0.529. The van der Waals surface area contributed by atoms with E-state index >= 15 is 0 Å². The highest BCUT2D eigenvalue weighted by molar-refractivity contribution is 5.87. The van der Waals surface area contributed by atoms with Crippen LogP contribution in [0.4, 0.5) is 4.39 Å². The van der Waals surface area contributed by atoms with E-state index in [4.69, 9.17) is 0 Å². The van der Waals surface area contributed by atoms with Gasteiger partial charge in [0.25, 0.3) is 0 Å². The van der Waals surface area contributed by atoms with Crippen molar-refractivity contribution in [1.82, 2.24) is 5.32 Å². The van der Waals surface area contributed by atoms with Gasteiger partial charge in [-0.1, -0.05) is 38.3 Å². The lowest BCUT2D eigenvalue weighted by molar-refractivity contribution is -0.149. The van der Waals surface area contributed by atoms with Gasteiger partial charge < -0.3 is 10.4 Å². The first-order valence-electron chi connectivity index (χ1n) is 7.73. The van der Waals surface area contributed by atoms with E-state index in [2.05, 4.69) is 5.32 Å². The third kappa shape index (κ3) is 3.84. The van der Waals surface area contributed by atoms with Crippen LogP contribution in [0.2, 0.25) is 0 Å². The number of hydrogen-bond donors (Lipinski definition) is 2. The number of halogens is 1. The van der Waals surface area contributed by atoms with Crippen molar-refractivity contribution in [2.75, 3.05) is 0 Å². The smallest absolute Gasteiger partial charge is 0.329 e. The third-order valence-electron chi connectivity index (χ3n) is 4.43. The molecule has 1 aliphatic rings. The number of nitrogens with one attached hydrogen (secondary N) is 1. The Labute approximate surface area is 129 Å². The maximum absolute atomic E-state index is 12.9. The molecule has 0 spiro atoms. The molecule has 1 amide bonds. The van der Waals surface area contributed by atoms with Crippen LogP contribution in [0, 0.1) is 5.82 Å². The molecule has 2 rings (SSSR count). The molecule has 1 aromatic carbocycles. The molecule has 2 N–H and O–H groups in total. The summed E-state index contributed by atoms with van der Waals surface area (Å²) in [6, 6.07) is 6.04. The summed E-state index contributed by atoms with van der Waals surface area (Å²) in [7, 11) is 0. The molecule has 1 atom stereocenters. The maximum atomic E-state index is 12.9. The van der Waals surface area contributed by atoms with Crippen molar-refractivity contribution in [2.45, 2.75) is 56.9 Å². The Kier molecular flexibility index (Phi) is 5.16. The van der Waals surface area contributed by atoms with Crippen molar-refractivity contribution in [3.63, 3.8) is 0 Å². The van der Waals surface area contributed by atoms with E-state index in [0.717, 1.165) is 24.8 Å². The molecule has 0 aliphatic heterocycles. The van der Waals surface area contributed by atoms with E-state index in [9.17, 15) is 19.1 Å². The molecule has 0 saturated heterocycles. The molecule has 1 unspecified atom stereocenters. The van der Waals surface area contributed by atoms with Gasteiger partial charge >= 0.3 is 5.97 Å². The fourth-order valence-corrected chi connectivity index (χ4v) is 3.05. The number of carbonyl (C=O) groups excluding carboxylic acids is 1. The molecule has 120 valence electrons. The first-order valence-corrected chi connectivity index (χ1v) is 7.73. The zero-order chi connectivity index (χ0) is 16.2. The lowest BCUT2D eigenvalue weighted by atomic mass is 9.81. The topological polar surface area (TPSA) is 66.4 Å². The van der Waals surface area contributed by atoms with Gasteiger partial charge in [0.05, 0.1) is 0 Å². The second-order valence-corrected chi connectivity index (χ2v) is 6.15. The Morgan fingerprint density at radius 1 is 1.23 bits per heavy atom. The summed E-state index contributed by atoms with van der Waals surface area (Å²) in [4.78, 5) is 23.8. The normalized spacial score (nSPS) is 18.5. The molecule has 22 heavy (non-hydrogen) atoms. The fourth-order valence-electron chi connectivity index (χ4n) is 3.05. The van der Waals surface area contributed by atoms with Crippen LogP contribution in [-0.2, 0) is 9.59 Å². The van der Waals surface area contributed by atoms with Crippen LogP contribution in [-0.4, -0.2) is 22.5 Å². The Bertz CT molecular complexity index is 535. The van der Waals surface area contributed by atoms with Crippen LogP contribution in [0.5, 0.6) is 0 Å². The number of hydrogen-bond acceptors (Lipinski definition) is 2. The Balaban J connectivity index is 1.99. The molecule has 0 radical (unpaired) electrons. The zero-order valence-corrected chi connectivity index (χ0v) is 12.8. The average molecular weight is 307 g/mol. The predicted octanol–water partition coefficient (Wildman–Crippen LogP) is 3.22. The van der Waals surface area contributed by atoms with Crippen molar-refractivity contribution in [2.24, 2.45) is 0 Å². The van der Waals surface area contributed by atoms with Crippen LogP contribution in [0.1, 0.15) is 56.9 Å². The minimum atomic E-state index is -1.11.